The van der Waals surface area contributed by atoms with Crippen LogP contribution in [0.15, 0.2) is 24.7 Å². The van der Waals surface area contributed by atoms with E-state index in [9.17, 15) is 5.11 Å². The van der Waals surface area contributed by atoms with Crippen LogP contribution in [0.3, 0.4) is 0 Å². The topological polar surface area (TPSA) is 99.1 Å². The van der Waals surface area contributed by atoms with Crippen LogP contribution in [0.1, 0.15) is 12.8 Å². The second kappa shape index (κ2) is 4.89. The number of pyridine rings is 2. The molecule has 1 saturated heterocycles. The Morgan fingerprint density at radius 3 is 2.91 bits per heavy atom. The first-order valence-electron chi connectivity index (χ1n) is 7.31. The molecular formula is C15H17N5O2. The zero-order valence-corrected chi connectivity index (χ0v) is 12.1. The SMILES string of the molecule is Nc1nc2cccnc2c2c1ncn2CC1(O)CCOCC1. The Labute approximate surface area is 126 Å². The van der Waals surface area contributed by atoms with E-state index in [0.29, 0.717) is 43.9 Å². The van der Waals surface area contributed by atoms with Crippen LogP contribution in [-0.2, 0) is 11.3 Å². The quantitative estimate of drug-likeness (QED) is 0.735. The molecule has 4 heterocycles. The average Bonchev–Trinajstić information content (AvgIpc) is 2.92. The Morgan fingerprint density at radius 2 is 2.09 bits per heavy atom. The molecular weight excluding hydrogens is 282 g/mol. The number of imidazole rings is 1. The molecule has 0 unspecified atom stereocenters. The van der Waals surface area contributed by atoms with Gasteiger partial charge in [-0.2, -0.15) is 0 Å². The van der Waals surface area contributed by atoms with Gasteiger partial charge in [-0.1, -0.05) is 0 Å². The van der Waals surface area contributed by atoms with Crippen molar-refractivity contribution in [3.63, 3.8) is 0 Å². The summed E-state index contributed by atoms with van der Waals surface area (Å²) in [4.78, 5) is 13.1. The number of hydrogen-bond acceptors (Lipinski definition) is 6. The average molecular weight is 299 g/mol. The molecule has 0 amide bonds. The van der Waals surface area contributed by atoms with Crippen LogP contribution in [0.25, 0.3) is 22.1 Å². The molecule has 3 aromatic heterocycles. The second-order valence-electron chi connectivity index (χ2n) is 5.77. The van der Waals surface area contributed by atoms with Crippen LogP contribution in [0.2, 0.25) is 0 Å². The fourth-order valence-corrected chi connectivity index (χ4v) is 3.02. The number of rotatable bonds is 2. The number of nitrogens with two attached hydrogens (primary N) is 1. The van der Waals surface area contributed by atoms with Crippen LogP contribution >= 0.6 is 0 Å². The van der Waals surface area contributed by atoms with Crippen molar-refractivity contribution < 1.29 is 9.84 Å². The third-order valence-electron chi connectivity index (χ3n) is 4.22. The van der Waals surface area contributed by atoms with Crippen LogP contribution < -0.4 is 5.73 Å². The molecule has 0 spiro atoms. The van der Waals surface area contributed by atoms with Crippen molar-refractivity contribution in [1.29, 1.82) is 0 Å². The predicted octanol–water partition coefficient (Wildman–Crippen LogP) is 1.10. The van der Waals surface area contributed by atoms with Crippen LogP contribution in [0.5, 0.6) is 0 Å². The van der Waals surface area contributed by atoms with E-state index >= 15 is 0 Å². The first-order chi connectivity index (χ1) is 10.7. The van der Waals surface area contributed by atoms with Gasteiger partial charge in [-0.05, 0) is 12.1 Å². The molecule has 7 nitrogen and oxygen atoms in total. The molecule has 0 atom stereocenters. The third kappa shape index (κ3) is 2.10. The van der Waals surface area contributed by atoms with E-state index in [1.807, 2.05) is 16.7 Å². The smallest absolute Gasteiger partial charge is 0.152 e. The lowest BCUT2D eigenvalue weighted by atomic mass is 9.94. The van der Waals surface area contributed by atoms with Gasteiger partial charge < -0.3 is 20.1 Å². The van der Waals surface area contributed by atoms with E-state index in [2.05, 4.69) is 15.0 Å². The van der Waals surface area contributed by atoms with Crippen LogP contribution in [0.4, 0.5) is 5.82 Å². The maximum absolute atomic E-state index is 10.7. The molecule has 0 radical (unpaired) electrons. The van der Waals surface area contributed by atoms with E-state index in [0.717, 1.165) is 16.6 Å². The number of ether oxygens (including phenoxy) is 1. The fraction of sp³-hybridized carbons (Fsp3) is 0.400. The van der Waals surface area contributed by atoms with Gasteiger partial charge in [0.05, 0.1) is 24.0 Å². The lowest BCUT2D eigenvalue weighted by Crippen LogP contribution is -2.40. The maximum atomic E-state index is 10.7. The molecule has 0 aromatic carbocycles. The Balaban J connectivity index is 1.88. The van der Waals surface area contributed by atoms with Crippen molar-refractivity contribution >= 4 is 27.9 Å². The van der Waals surface area contributed by atoms with Gasteiger partial charge in [-0.3, -0.25) is 4.98 Å². The van der Waals surface area contributed by atoms with Crippen LogP contribution in [0, 0.1) is 0 Å². The number of aliphatic hydroxyl groups is 1. The maximum Gasteiger partial charge on any atom is 0.152 e. The molecule has 0 aliphatic carbocycles. The van der Waals surface area contributed by atoms with Gasteiger partial charge in [0.25, 0.3) is 0 Å². The van der Waals surface area contributed by atoms with Gasteiger partial charge in [0.2, 0.25) is 0 Å². The Hall–Kier alpha value is -2.25. The zero-order chi connectivity index (χ0) is 15.2. The van der Waals surface area contributed by atoms with Crippen molar-refractivity contribution in [2.24, 2.45) is 0 Å². The van der Waals surface area contributed by atoms with Gasteiger partial charge in [0.1, 0.15) is 16.6 Å². The molecule has 4 rings (SSSR count). The number of anilines is 1. The van der Waals surface area contributed by atoms with E-state index in [1.165, 1.54) is 0 Å². The largest absolute Gasteiger partial charge is 0.388 e. The molecule has 22 heavy (non-hydrogen) atoms. The lowest BCUT2D eigenvalue weighted by Gasteiger charge is -2.32. The highest BCUT2D eigenvalue weighted by atomic mass is 16.5. The van der Waals surface area contributed by atoms with E-state index in [4.69, 9.17) is 10.5 Å². The minimum atomic E-state index is -0.787. The van der Waals surface area contributed by atoms with Crippen LogP contribution in [-0.4, -0.2) is 43.4 Å². The second-order valence-corrected chi connectivity index (χ2v) is 5.77. The molecule has 1 fully saturated rings. The van der Waals surface area contributed by atoms with Crippen molar-refractivity contribution in [2.45, 2.75) is 25.0 Å². The minimum absolute atomic E-state index is 0.383. The first-order valence-corrected chi connectivity index (χ1v) is 7.31. The Bertz CT molecular complexity index is 838. The Morgan fingerprint density at radius 1 is 1.27 bits per heavy atom. The zero-order valence-electron chi connectivity index (χ0n) is 12.1. The van der Waals surface area contributed by atoms with Crippen molar-refractivity contribution in [3.8, 4) is 0 Å². The van der Waals surface area contributed by atoms with Crippen molar-refractivity contribution in [2.75, 3.05) is 18.9 Å². The number of nitrogens with zero attached hydrogens (tertiary/aromatic N) is 4. The number of fused-ring (bicyclic) bond motifs is 3. The number of nitrogen functional groups attached to an aromatic ring is 1. The predicted molar refractivity (Wildman–Crippen MR) is 82.2 cm³/mol. The molecule has 3 N–H and O–H groups in total. The van der Waals surface area contributed by atoms with Gasteiger partial charge in [0.15, 0.2) is 5.82 Å². The van der Waals surface area contributed by atoms with E-state index in [-0.39, 0.29) is 0 Å². The fourth-order valence-electron chi connectivity index (χ4n) is 3.02. The van der Waals surface area contributed by atoms with Gasteiger partial charge >= 0.3 is 0 Å². The monoisotopic (exact) mass is 299 g/mol. The first kappa shape index (κ1) is 13.4. The molecule has 3 aromatic rings. The summed E-state index contributed by atoms with van der Waals surface area (Å²) >= 11 is 0. The standard InChI is InChI=1S/C15H17N5O2/c16-14-12-13(11-10(19-14)2-1-5-17-11)20(9-18-12)8-15(21)3-6-22-7-4-15/h1-2,5,9,21H,3-4,6-8H2,(H2,16,19). The lowest BCUT2D eigenvalue weighted by molar-refractivity contribution is -0.0722. The Kier molecular flexibility index (Phi) is 2.98. The van der Waals surface area contributed by atoms with Crippen molar-refractivity contribution in [1.82, 2.24) is 19.5 Å². The highest BCUT2D eigenvalue weighted by Gasteiger charge is 2.31. The molecule has 0 saturated carbocycles. The molecule has 114 valence electrons. The van der Waals surface area contributed by atoms with E-state index in [1.54, 1.807) is 12.5 Å². The number of aromatic nitrogens is 4. The molecule has 7 heteroatoms. The summed E-state index contributed by atoms with van der Waals surface area (Å²) in [6.07, 6.45) is 4.64. The van der Waals surface area contributed by atoms with Crippen molar-refractivity contribution in [3.05, 3.63) is 24.7 Å². The summed E-state index contributed by atoms with van der Waals surface area (Å²) in [5.41, 5.74) is 8.15. The summed E-state index contributed by atoms with van der Waals surface area (Å²) in [5.74, 6) is 0.383. The summed E-state index contributed by atoms with van der Waals surface area (Å²) in [6, 6.07) is 3.70. The normalized spacial score (nSPS) is 18.0. The number of hydrogen-bond donors (Lipinski definition) is 2. The third-order valence-corrected chi connectivity index (χ3v) is 4.22. The molecule has 1 aliphatic heterocycles. The van der Waals surface area contributed by atoms with Gasteiger partial charge in [-0.15, -0.1) is 0 Å². The summed E-state index contributed by atoms with van der Waals surface area (Å²) < 4.78 is 7.26. The van der Waals surface area contributed by atoms with E-state index < -0.39 is 5.60 Å². The summed E-state index contributed by atoms with van der Waals surface area (Å²) in [5, 5.41) is 10.7. The van der Waals surface area contributed by atoms with Gasteiger partial charge in [-0.25, -0.2) is 9.97 Å². The summed E-state index contributed by atoms with van der Waals surface area (Å²) in [7, 11) is 0. The highest BCUT2D eigenvalue weighted by Crippen LogP contribution is 2.29. The van der Waals surface area contributed by atoms with Gasteiger partial charge in [0, 0.05) is 32.3 Å². The highest BCUT2D eigenvalue weighted by molar-refractivity contribution is 6.03. The summed E-state index contributed by atoms with van der Waals surface area (Å²) in [6.45, 7) is 1.60. The minimum Gasteiger partial charge on any atom is -0.388 e. The molecule has 0 bridgehead atoms. The molecule has 1 aliphatic rings.